The van der Waals surface area contributed by atoms with Gasteiger partial charge >= 0.3 is 0 Å². The van der Waals surface area contributed by atoms with Gasteiger partial charge < -0.3 is 14.8 Å². The molecule has 1 atom stereocenters. The van der Waals surface area contributed by atoms with Crippen molar-refractivity contribution in [1.82, 2.24) is 0 Å². The van der Waals surface area contributed by atoms with Crippen LogP contribution in [-0.4, -0.2) is 20.1 Å². The van der Waals surface area contributed by atoms with Gasteiger partial charge in [-0.15, -0.1) is 0 Å². The molecule has 0 saturated carbocycles. The molecule has 2 aromatic carbocycles. The van der Waals surface area contributed by atoms with Crippen molar-refractivity contribution in [3.63, 3.8) is 0 Å². The average molecular weight is 283 g/mol. The number of carbonyl (C=O) groups is 1. The number of rotatable bonds is 4. The van der Waals surface area contributed by atoms with E-state index >= 15 is 0 Å². The minimum Gasteiger partial charge on any atom is -0.497 e. The van der Waals surface area contributed by atoms with E-state index in [0.717, 1.165) is 28.3 Å². The summed E-state index contributed by atoms with van der Waals surface area (Å²) in [5.74, 6) is 1.37. The predicted octanol–water partition coefficient (Wildman–Crippen LogP) is 2.98. The molecule has 4 heteroatoms. The van der Waals surface area contributed by atoms with Gasteiger partial charge in [-0.25, -0.2) is 0 Å². The summed E-state index contributed by atoms with van der Waals surface area (Å²) in [5, 5.41) is 2.92. The molecule has 3 rings (SSSR count). The molecule has 1 amide bonds. The zero-order valence-electron chi connectivity index (χ0n) is 12.1. The molecule has 0 spiro atoms. The second-order valence-corrected chi connectivity index (χ2v) is 5.01. The SMILES string of the molecule is COc1ccc(OC)c(CC2C(=O)Nc3ccccc32)c1. The number of nitrogens with one attached hydrogen (secondary N) is 1. The molecule has 4 nitrogen and oxygen atoms in total. The number of amides is 1. The van der Waals surface area contributed by atoms with E-state index in [1.807, 2.05) is 42.5 Å². The Kier molecular flexibility index (Phi) is 3.52. The fourth-order valence-electron chi connectivity index (χ4n) is 2.74. The van der Waals surface area contributed by atoms with Gasteiger partial charge in [-0.2, -0.15) is 0 Å². The molecule has 21 heavy (non-hydrogen) atoms. The zero-order valence-corrected chi connectivity index (χ0v) is 12.1. The maximum absolute atomic E-state index is 12.2. The maximum Gasteiger partial charge on any atom is 0.232 e. The summed E-state index contributed by atoms with van der Waals surface area (Å²) in [4.78, 5) is 12.2. The molecule has 1 N–H and O–H groups in total. The van der Waals surface area contributed by atoms with Crippen LogP contribution in [0.2, 0.25) is 0 Å². The van der Waals surface area contributed by atoms with Gasteiger partial charge in [-0.05, 0) is 41.8 Å². The minimum atomic E-state index is -0.192. The van der Waals surface area contributed by atoms with Gasteiger partial charge in [0, 0.05) is 5.69 Å². The second-order valence-electron chi connectivity index (χ2n) is 5.01. The Morgan fingerprint density at radius 1 is 1.10 bits per heavy atom. The summed E-state index contributed by atoms with van der Waals surface area (Å²) in [6.07, 6.45) is 0.587. The normalized spacial score (nSPS) is 16.3. The Hall–Kier alpha value is -2.49. The lowest BCUT2D eigenvalue weighted by Gasteiger charge is -2.13. The van der Waals surface area contributed by atoms with E-state index in [1.54, 1.807) is 14.2 Å². The highest BCUT2D eigenvalue weighted by atomic mass is 16.5. The van der Waals surface area contributed by atoms with Crippen LogP contribution in [0.5, 0.6) is 11.5 Å². The Morgan fingerprint density at radius 2 is 1.90 bits per heavy atom. The Balaban J connectivity index is 1.95. The van der Waals surface area contributed by atoms with Crippen molar-refractivity contribution in [2.45, 2.75) is 12.3 Å². The highest BCUT2D eigenvalue weighted by molar-refractivity contribution is 6.03. The number of para-hydroxylation sites is 1. The molecule has 108 valence electrons. The van der Waals surface area contributed by atoms with Gasteiger partial charge in [0.1, 0.15) is 11.5 Å². The van der Waals surface area contributed by atoms with Crippen LogP contribution in [0.1, 0.15) is 17.0 Å². The Morgan fingerprint density at radius 3 is 2.67 bits per heavy atom. The number of fused-ring (bicyclic) bond motifs is 1. The Bertz CT molecular complexity index is 681. The minimum absolute atomic E-state index is 0.0288. The molecule has 1 heterocycles. The molecule has 0 fully saturated rings. The maximum atomic E-state index is 12.2. The van der Waals surface area contributed by atoms with E-state index in [9.17, 15) is 4.79 Å². The molecule has 0 aromatic heterocycles. The first-order valence-electron chi connectivity index (χ1n) is 6.83. The number of carbonyl (C=O) groups excluding carboxylic acids is 1. The first-order valence-corrected chi connectivity index (χ1v) is 6.83. The molecule has 1 aliphatic heterocycles. The van der Waals surface area contributed by atoms with Crippen LogP contribution in [0.15, 0.2) is 42.5 Å². The molecule has 0 radical (unpaired) electrons. The van der Waals surface area contributed by atoms with Gasteiger partial charge in [-0.3, -0.25) is 4.79 Å². The molecule has 2 aromatic rings. The van der Waals surface area contributed by atoms with Gasteiger partial charge in [0.2, 0.25) is 5.91 Å². The van der Waals surface area contributed by atoms with Crippen molar-refractivity contribution in [2.75, 3.05) is 19.5 Å². The lowest BCUT2D eigenvalue weighted by atomic mass is 9.92. The lowest BCUT2D eigenvalue weighted by molar-refractivity contribution is -0.117. The third-order valence-corrected chi connectivity index (χ3v) is 3.82. The van der Waals surface area contributed by atoms with Gasteiger partial charge in [0.25, 0.3) is 0 Å². The van der Waals surface area contributed by atoms with E-state index in [4.69, 9.17) is 9.47 Å². The molecule has 0 aliphatic carbocycles. The fourth-order valence-corrected chi connectivity index (χ4v) is 2.74. The fraction of sp³-hybridized carbons (Fsp3) is 0.235. The molecule has 1 unspecified atom stereocenters. The lowest BCUT2D eigenvalue weighted by Crippen LogP contribution is -2.14. The van der Waals surface area contributed by atoms with Gasteiger partial charge in [-0.1, -0.05) is 18.2 Å². The van der Waals surface area contributed by atoms with Crippen LogP contribution in [0.3, 0.4) is 0 Å². The van der Waals surface area contributed by atoms with E-state index < -0.39 is 0 Å². The predicted molar refractivity (Wildman–Crippen MR) is 81.1 cm³/mol. The summed E-state index contributed by atoms with van der Waals surface area (Å²) >= 11 is 0. The largest absolute Gasteiger partial charge is 0.497 e. The summed E-state index contributed by atoms with van der Waals surface area (Å²) < 4.78 is 10.7. The highest BCUT2D eigenvalue weighted by Crippen LogP contribution is 2.37. The number of hydrogen-bond donors (Lipinski definition) is 1. The van der Waals surface area contributed by atoms with Crippen molar-refractivity contribution in [3.8, 4) is 11.5 Å². The van der Waals surface area contributed by atoms with Crippen molar-refractivity contribution >= 4 is 11.6 Å². The van der Waals surface area contributed by atoms with E-state index in [0.29, 0.717) is 6.42 Å². The van der Waals surface area contributed by atoms with Crippen molar-refractivity contribution in [1.29, 1.82) is 0 Å². The standard InChI is InChI=1S/C17H17NO3/c1-20-12-7-8-16(21-2)11(9-12)10-14-13-5-3-4-6-15(13)18-17(14)19/h3-9,14H,10H2,1-2H3,(H,18,19). The van der Waals surface area contributed by atoms with Crippen LogP contribution in [0.25, 0.3) is 0 Å². The van der Waals surface area contributed by atoms with E-state index in [1.165, 1.54) is 0 Å². The summed E-state index contributed by atoms with van der Waals surface area (Å²) in [6.45, 7) is 0. The van der Waals surface area contributed by atoms with Crippen molar-refractivity contribution in [3.05, 3.63) is 53.6 Å². The van der Waals surface area contributed by atoms with E-state index in [-0.39, 0.29) is 11.8 Å². The second kappa shape index (κ2) is 5.48. The first kappa shape index (κ1) is 13.5. The van der Waals surface area contributed by atoms with Crippen molar-refractivity contribution < 1.29 is 14.3 Å². The van der Waals surface area contributed by atoms with E-state index in [2.05, 4.69) is 5.32 Å². The van der Waals surface area contributed by atoms with Gasteiger partial charge in [0.05, 0.1) is 20.1 Å². The Labute approximate surface area is 123 Å². The number of anilines is 1. The molecule has 1 aliphatic rings. The third-order valence-electron chi connectivity index (χ3n) is 3.82. The van der Waals surface area contributed by atoms with Crippen LogP contribution in [-0.2, 0) is 11.2 Å². The summed E-state index contributed by atoms with van der Waals surface area (Å²) in [7, 11) is 3.26. The number of methoxy groups -OCH3 is 2. The number of benzene rings is 2. The topological polar surface area (TPSA) is 47.6 Å². The van der Waals surface area contributed by atoms with Crippen LogP contribution >= 0.6 is 0 Å². The van der Waals surface area contributed by atoms with Gasteiger partial charge in [0.15, 0.2) is 0 Å². The first-order chi connectivity index (χ1) is 10.2. The molecular formula is C17H17NO3. The molecule has 0 saturated heterocycles. The highest BCUT2D eigenvalue weighted by Gasteiger charge is 2.30. The monoisotopic (exact) mass is 283 g/mol. The zero-order chi connectivity index (χ0) is 14.8. The number of hydrogen-bond acceptors (Lipinski definition) is 3. The van der Waals surface area contributed by atoms with Crippen molar-refractivity contribution in [2.24, 2.45) is 0 Å². The van der Waals surface area contributed by atoms with Crippen LogP contribution < -0.4 is 14.8 Å². The molecular weight excluding hydrogens is 266 g/mol. The summed E-state index contributed by atoms with van der Waals surface area (Å²) in [5.41, 5.74) is 2.90. The smallest absolute Gasteiger partial charge is 0.232 e. The molecule has 0 bridgehead atoms. The number of ether oxygens (including phenoxy) is 2. The quantitative estimate of drug-likeness (QED) is 0.938. The third kappa shape index (κ3) is 2.44. The van der Waals surface area contributed by atoms with Crippen LogP contribution in [0.4, 0.5) is 5.69 Å². The summed E-state index contributed by atoms with van der Waals surface area (Å²) in [6, 6.07) is 13.4. The average Bonchev–Trinajstić information content (AvgIpc) is 2.83. The van der Waals surface area contributed by atoms with Crippen LogP contribution in [0, 0.1) is 0 Å².